The second-order valence-electron chi connectivity index (χ2n) is 3.68. The molecule has 0 unspecified atom stereocenters. The molecule has 104 valence electrons. The summed E-state index contributed by atoms with van der Waals surface area (Å²) in [5.74, 6) is -4.90. The standard InChI is InChI=1S/C12H12ClF2NO3/c1-19-11(18)8-2-4-9(5-3-8)12(14,15)7-16-10(17)6-13/h2-5H,6-7H2,1H3,(H,16,17). The first-order valence-corrected chi connectivity index (χ1v) is 5.83. The molecule has 0 heterocycles. The molecule has 19 heavy (non-hydrogen) atoms. The summed E-state index contributed by atoms with van der Waals surface area (Å²) in [7, 11) is 1.20. The van der Waals surface area contributed by atoms with Crippen molar-refractivity contribution in [2.24, 2.45) is 0 Å². The lowest BCUT2D eigenvalue weighted by Gasteiger charge is -2.17. The van der Waals surface area contributed by atoms with E-state index >= 15 is 0 Å². The lowest BCUT2D eigenvalue weighted by molar-refractivity contribution is -0.120. The first-order chi connectivity index (χ1) is 8.90. The van der Waals surface area contributed by atoms with Gasteiger partial charge in [0.1, 0.15) is 5.88 Å². The van der Waals surface area contributed by atoms with E-state index in [1.54, 1.807) is 0 Å². The van der Waals surface area contributed by atoms with Crippen molar-refractivity contribution in [1.29, 1.82) is 0 Å². The molecule has 1 N–H and O–H groups in total. The largest absolute Gasteiger partial charge is 0.465 e. The molecule has 7 heteroatoms. The maximum Gasteiger partial charge on any atom is 0.337 e. The van der Waals surface area contributed by atoms with Crippen LogP contribution in [0, 0.1) is 0 Å². The van der Waals surface area contributed by atoms with Gasteiger partial charge in [0.25, 0.3) is 5.92 Å². The second-order valence-corrected chi connectivity index (χ2v) is 3.95. The van der Waals surface area contributed by atoms with Gasteiger partial charge in [-0.2, -0.15) is 8.78 Å². The van der Waals surface area contributed by atoms with E-state index in [1.807, 2.05) is 5.32 Å². The Kier molecular flexibility index (Phi) is 5.23. The van der Waals surface area contributed by atoms with Crippen LogP contribution in [-0.4, -0.2) is 31.4 Å². The van der Waals surface area contributed by atoms with Crippen LogP contribution in [0.3, 0.4) is 0 Å². The van der Waals surface area contributed by atoms with E-state index in [0.717, 1.165) is 12.1 Å². The fourth-order valence-corrected chi connectivity index (χ4v) is 1.42. The Hall–Kier alpha value is -1.69. The van der Waals surface area contributed by atoms with Crippen LogP contribution < -0.4 is 5.32 Å². The minimum Gasteiger partial charge on any atom is -0.465 e. The van der Waals surface area contributed by atoms with Gasteiger partial charge in [-0.15, -0.1) is 11.6 Å². The molecule has 1 aromatic carbocycles. The molecular formula is C12H12ClF2NO3. The quantitative estimate of drug-likeness (QED) is 0.666. The van der Waals surface area contributed by atoms with Crippen LogP contribution in [0.25, 0.3) is 0 Å². The highest BCUT2D eigenvalue weighted by Crippen LogP contribution is 2.27. The van der Waals surface area contributed by atoms with Crippen molar-refractivity contribution in [2.75, 3.05) is 19.5 Å². The van der Waals surface area contributed by atoms with E-state index in [-0.39, 0.29) is 17.0 Å². The number of alkyl halides is 3. The van der Waals surface area contributed by atoms with Gasteiger partial charge in [0.2, 0.25) is 5.91 Å². The Morgan fingerprint density at radius 3 is 2.37 bits per heavy atom. The van der Waals surface area contributed by atoms with Crippen molar-refractivity contribution < 1.29 is 23.1 Å². The van der Waals surface area contributed by atoms with Crippen LogP contribution in [0.4, 0.5) is 8.78 Å². The summed E-state index contributed by atoms with van der Waals surface area (Å²) in [5.41, 5.74) is -0.137. The zero-order valence-electron chi connectivity index (χ0n) is 10.1. The van der Waals surface area contributed by atoms with Crippen molar-refractivity contribution in [3.05, 3.63) is 35.4 Å². The highest BCUT2D eigenvalue weighted by atomic mass is 35.5. The first kappa shape index (κ1) is 15.4. The van der Waals surface area contributed by atoms with Crippen molar-refractivity contribution in [3.63, 3.8) is 0 Å². The zero-order valence-corrected chi connectivity index (χ0v) is 10.8. The van der Waals surface area contributed by atoms with Gasteiger partial charge >= 0.3 is 5.97 Å². The molecule has 4 nitrogen and oxygen atoms in total. The lowest BCUT2D eigenvalue weighted by atomic mass is 10.1. The highest BCUT2D eigenvalue weighted by molar-refractivity contribution is 6.27. The SMILES string of the molecule is COC(=O)c1ccc(C(F)(F)CNC(=O)CCl)cc1. The van der Waals surface area contributed by atoms with E-state index < -0.39 is 24.3 Å². The van der Waals surface area contributed by atoms with Crippen molar-refractivity contribution in [2.45, 2.75) is 5.92 Å². The number of benzene rings is 1. The summed E-state index contributed by atoms with van der Waals surface area (Å²) in [5, 5.41) is 2.01. The number of carbonyl (C=O) groups excluding carboxylic acids is 2. The first-order valence-electron chi connectivity index (χ1n) is 5.30. The van der Waals surface area contributed by atoms with Crippen molar-refractivity contribution in [1.82, 2.24) is 5.32 Å². The smallest absolute Gasteiger partial charge is 0.337 e. The molecule has 0 radical (unpaired) electrons. The average molecular weight is 292 g/mol. The average Bonchev–Trinajstić information content (AvgIpc) is 2.44. The third-order valence-electron chi connectivity index (χ3n) is 2.36. The molecule has 0 atom stereocenters. The van der Waals surface area contributed by atoms with Gasteiger partial charge in [-0.05, 0) is 12.1 Å². The molecule has 0 bridgehead atoms. The fourth-order valence-electron chi connectivity index (χ4n) is 1.33. The van der Waals surface area contributed by atoms with E-state index in [1.165, 1.54) is 19.2 Å². The number of hydrogen-bond donors (Lipinski definition) is 1. The molecule has 1 rings (SSSR count). The highest BCUT2D eigenvalue weighted by Gasteiger charge is 2.31. The Morgan fingerprint density at radius 2 is 1.89 bits per heavy atom. The van der Waals surface area contributed by atoms with Crippen molar-refractivity contribution in [3.8, 4) is 0 Å². The molecule has 1 aromatic rings. The topological polar surface area (TPSA) is 55.4 Å². The predicted octanol–water partition coefficient (Wildman–Crippen LogP) is 1.92. The number of ether oxygens (including phenoxy) is 1. The van der Waals surface area contributed by atoms with Gasteiger partial charge in [0.05, 0.1) is 19.2 Å². The van der Waals surface area contributed by atoms with Gasteiger partial charge in [0, 0.05) is 5.56 Å². The third kappa shape index (κ3) is 4.17. The van der Waals surface area contributed by atoms with E-state index in [4.69, 9.17) is 11.6 Å². The van der Waals surface area contributed by atoms with Gasteiger partial charge in [-0.25, -0.2) is 4.79 Å². The lowest BCUT2D eigenvalue weighted by Crippen LogP contribution is -2.35. The minimum atomic E-state index is -3.24. The molecule has 0 fully saturated rings. The third-order valence-corrected chi connectivity index (χ3v) is 2.60. The number of halogens is 3. The Labute approximate surface area is 113 Å². The van der Waals surface area contributed by atoms with E-state index in [0.29, 0.717) is 0 Å². The van der Waals surface area contributed by atoms with Crippen LogP contribution in [0.2, 0.25) is 0 Å². The van der Waals surface area contributed by atoms with Crippen LogP contribution in [-0.2, 0) is 15.5 Å². The molecule has 1 amide bonds. The number of nitrogens with one attached hydrogen (secondary N) is 1. The monoisotopic (exact) mass is 291 g/mol. The Bertz CT molecular complexity index is 463. The zero-order chi connectivity index (χ0) is 14.5. The van der Waals surface area contributed by atoms with Crippen LogP contribution in [0.1, 0.15) is 15.9 Å². The molecule has 0 aliphatic heterocycles. The summed E-state index contributed by atoms with van der Waals surface area (Å²) >= 11 is 5.19. The molecular weight excluding hydrogens is 280 g/mol. The maximum absolute atomic E-state index is 13.7. The molecule has 0 aliphatic carbocycles. The van der Waals surface area contributed by atoms with Crippen LogP contribution in [0.15, 0.2) is 24.3 Å². The summed E-state index contributed by atoms with van der Waals surface area (Å²) < 4.78 is 31.8. The van der Waals surface area contributed by atoms with Gasteiger partial charge in [-0.1, -0.05) is 12.1 Å². The molecule has 0 saturated heterocycles. The maximum atomic E-state index is 13.7. The number of carbonyl (C=O) groups is 2. The Balaban J connectivity index is 2.78. The molecule has 0 aliphatic rings. The number of amides is 1. The summed E-state index contributed by atoms with van der Waals surface area (Å²) in [6.07, 6.45) is 0. The van der Waals surface area contributed by atoms with Crippen LogP contribution in [0.5, 0.6) is 0 Å². The van der Waals surface area contributed by atoms with Gasteiger partial charge < -0.3 is 10.1 Å². The number of rotatable bonds is 5. The normalized spacial score (nSPS) is 10.9. The summed E-state index contributed by atoms with van der Waals surface area (Å²) in [6.45, 7) is -0.851. The van der Waals surface area contributed by atoms with Crippen LogP contribution >= 0.6 is 11.6 Å². The van der Waals surface area contributed by atoms with Crippen molar-refractivity contribution >= 4 is 23.5 Å². The van der Waals surface area contributed by atoms with E-state index in [2.05, 4.69) is 4.74 Å². The number of methoxy groups -OCH3 is 1. The second kappa shape index (κ2) is 6.47. The number of hydrogen-bond acceptors (Lipinski definition) is 3. The summed E-state index contributed by atoms with van der Waals surface area (Å²) in [6, 6.07) is 4.69. The minimum absolute atomic E-state index is 0.173. The predicted molar refractivity (Wildman–Crippen MR) is 65.4 cm³/mol. The van der Waals surface area contributed by atoms with E-state index in [9.17, 15) is 18.4 Å². The fraction of sp³-hybridized carbons (Fsp3) is 0.333. The molecule has 0 saturated carbocycles. The molecule has 0 spiro atoms. The van der Waals surface area contributed by atoms with Gasteiger partial charge in [-0.3, -0.25) is 4.79 Å². The number of esters is 1. The van der Waals surface area contributed by atoms with Gasteiger partial charge in [0.15, 0.2) is 0 Å². The Morgan fingerprint density at radius 1 is 1.32 bits per heavy atom. The summed E-state index contributed by atoms with van der Waals surface area (Å²) in [4.78, 5) is 22.0. The molecule has 0 aromatic heterocycles.